The Bertz CT molecular complexity index is 1120. The highest BCUT2D eigenvalue weighted by Crippen LogP contribution is 2.33. The SMILES string of the molecule is O=C(Nc1ccc(-c2nc3ccccc3s2)cc1)c1ccc2c(c1)OCO2. The average Bonchev–Trinajstić information content (AvgIpc) is 3.34. The van der Waals surface area contributed by atoms with Gasteiger partial charge >= 0.3 is 0 Å². The Hall–Kier alpha value is -3.38. The Morgan fingerprint density at radius 1 is 0.963 bits per heavy atom. The molecular formula is C21H14N2O3S. The molecule has 0 saturated heterocycles. The molecular weight excluding hydrogens is 360 g/mol. The molecule has 5 nitrogen and oxygen atoms in total. The molecule has 4 aromatic rings. The number of benzene rings is 3. The van der Waals surface area contributed by atoms with Gasteiger partial charge in [-0.15, -0.1) is 11.3 Å². The minimum absolute atomic E-state index is 0.188. The van der Waals surface area contributed by atoms with Crippen molar-refractivity contribution in [3.8, 4) is 22.1 Å². The van der Waals surface area contributed by atoms with E-state index < -0.39 is 0 Å². The first-order chi connectivity index (χ1) is 13.3. The van der Waals surface area contributed by atoms with Crippen LogP contribution in [0, 0.1) is 0 Å². The molecule has 1 N–H and O–H groups in total. The molecule has 0 saturated carbocycles. The van der Waals surface area contributed by atoms with Crippen molar-refractivity contribution in [1.82, 2.24) is 4.98 Å². The summed E-state index contributed by atoms with van der Waals surface area (Å²) >= 11 is 1.65. The van der Waals surface area contributed by atoms with Crippen molar-refractivity contribution >= 4 is 33.1 Å². The van der Waals surface area contributed by atoms with Crippen molar-refractivity contribution in [3.63, 3.8) is 0 Å². The largest absolute Gasteiger partial charge is 0.454 e. The molecule has 132 valence electrons. The van der Waals surface area contributed by atoms with Gasteiger partial charge in [0.15, 0.2) is 11.5 Å². The zero-order valence-electron chi connectivity index (χ0n) is 14.1. The number of hydrogen-bond donors (Lipinski definition) is 1. The van der Waals surface area contributed by atoms with Crippen LogP contribution in [-0.4, -0.2) is 17.7 Å². The predicted molar refractivity (Wildman–Crippen MR) is 106 cm³/mol. The molecule has 2 heterocycles. The quantitative estimate of drug-likeness (QED) is 0.551. The Kier molecular flexibility index (Phi) is 3.76. The molecule has 1 aromatic heterocycles. The summed E-state index contributed by atoms with van der Waals surface area (Å²) in [4.78, 5) is 17.1. The van der Waals surface area contributed by atoms with Crippen molar-refractivity contribution in [1.29, 1.82) is 0 Å². The summed E-state index contributed by atoms with van der Waals surface area (Å²) in [6.45, 7) is 0.188. The number of carbonyl (C=O) groups excluding carboxylic acids is 1. The van der Waals surface area contributed by atoms with Crippen LogP contribution in [0.2, 0.25) is 0 Å². The van der Waals surface area contributed by atoms with Gasteiger partial charge in [-0.3, -0.25) is 4.79 Å². The third-order valence-electron chi connectivity index (χ3n) is 4.32. The van der Waals surface area contributed by atoms with Crippen LogP contribution in [0.1, 0.15) is 10.4 Å². The van der Waals surface area contributed by atoms with Gasteiger partial charge < -0.3 is 14.8 Å². The number of carbonyl (C=O) groups is 1. The first kappa shape index (κ1) is 15.8. The Morgan fingerprint density at radius 3 is 2.63 bits per heavy atom. The van der Waals surface area contributed by atoms with E-state index in [1.54, 1.807) is 29.5 Å². The first-order valence-electron chi connectivity index (χ1n) is 8.43. The van der Waals surface area contributed by atoms with Gasteiger partial charge in [0.1, 0.15) is 5.01 Å². The molecule has 0 bridgehead atoms. The number of thiazole rings is 1. The third-order valence-corrected chi connectivity index (χ3v) is 5.40. The zero-order valence-corrected chi connectivity index (χ0v) is 15.0. The standard InChI is InChI=1S/C21H14N2O3S/c24-20(14-7-10-17-18(11-14)26-12-25-17)22-15-8-5-13(6-9-15)21-23-16-3-1-2-4-19(16)27-21/h1-11H,12H2,(H,22,24). The van der Waals surface area contributed by atoms with E-state index in [2.05, 4.69) is 16.4 Å². The number of anilines is 1. The number of aromatic nitrogens is 1. The van der Waals surface area contributed by atoms with Crippen LogP contribution in [0.25, 0.3) is 20.8 Å². The van der Waals surface area contributed by atoms with Crippen LogP contribution in [0.5, 0.6) is 11.5 Å². The molecule has 0 fully saturated rings. The first-order valence-corrected chi connectivity index (χ1v) is 9.25. The maximum Gasteiger partial charge on any atom is 0.255 e. The number of amides is 1. The van der Waals surface area contributed by atoms with Crippen LogP contribution in [-0.2, 0) is 0 Å². The van der Waals surface area contributed by atoms with Crippen LogP contribution >= 0.6 is 11.3 Å². The van der Waals surface area contributed by atoms with Crippen LogP contribution < -0.4 is 14.8 Å². The van der Waals surface area contributed by atoms with E-state index in [0.717, 1.165) is 26.5 Å². The molecule has 6 heteroatoms. The number of rotatable bonds is 3. The molecule has 0 unspecified atom stereocenters. The fraction of sp³-hybridized carbons (Fsp3) is 0.0476. The second-order valence-electron chi connectivity index (χ2n) is 6.09. The van der Waals surface area contributed by atoms with E-state index in [0.29, 0.717) is 17.1 Å². The lowest BCUT2D eigenvalue weighted by atomic mass is 10.1. The number of ether oxygens (including phenoxy) is 2. The van der Waals surface area contributed by atoms with Crippen molar-refractivity contribution in [2.24, 2.45) is 0 Å². The minimum atomic E-state index is -0.193. The van der Waals surface area contributed by atoms with Gasteiger partial charge in [0.25, 0.3) is 5.91 Å². The van der Waals surface area contributed by atoms with E-state index in [1.807, 2.05) is 42.5 Å². The molecule has 1 aliphatic heterocycles. The Morgan fingerprint density at radius 2 is 1.78 bits per heavy atom. The maximum atomic E-state index is 12.5. The topological polar surface area (TPSA) is 60.5 Å². The smallest absolute Gasteiger partial charge is 0.255 e. The Balaban J connectivity index is 1.35. The second-order valence-corrected chi connectivity index (χ2v) is 7.12. The summed E-state index contributed by atoms with van der Waals surface area (Å²) < 4.78 is 11.8. The lowest BCUT2D eigenvalue weighted by molar-refractivity contribution is 0.102. The van der Waals surface area contributed by atoms with Gasteiger partial charge in [0.05, 0.1) is 10.2 Å². The number of nitrogens with zero attached hydrogens (tertiary/aromatic N) is 1. The number of para-hydroxylation sites is 1. The third kappa shape index (κ3) is 3.00. The number of fused-ring (bicyclic) bond motifs is 2. The fourth-order valence-corrected chi connectivity index (χ4v) is 3.90. The summed E-state index contributed by atoms with van der Waals surface area (Å²) in [6.07, 6.45) is 0. The molecule has 1 aliphatic rings. The second kappa shape index (κ2) is 6.41. The highest BCUT2D eigenvalue weighted by Gasteiger charge is 2.16. The van der Waals surface area contributed by atoms with E-state index in [-0.39, 0.29) is 12.7 Å². The normalized spacial score (nSPS) is 12.3. The number of nitrogens with one attached hydrogen (secondary N) is 1. The van der Waals surface area contributed by atoms with Crippen molar-refractivity contribution < 1.29 is 14.3 Å². The van der Waals surface area contributed by atoms with Crippen LogP contribution in [0.3, 0.4) is 0 Å². The number of hydrogen-bond acceptors (Lipinski definition) is 5. The predicted octanol–water partition coefficient (Wildman–Crippen LogP) is 4.94. The lowest BCUT2D eigenvalue weighted by Crippen LogP contribution is -2.11. The molecule has 5 rings (SSSR count). The van der Waals surface area contributed by atoms with Gasteiger partial charge in [-0.25, -0.2) is 4.98 Å². The lowest BCUT2D eigenvalue weighted by Gasteiger charge is -2.06. The summed E-state index contributed by atoms with van der Waals surface area (Å²) in [7, 11) is 0. The van der Waals surface area contributed by atoms with Crippen molar-refractivity contribution in [2.45, 2.75) is 0 Å². The molecule has 3 aromatic carbocycles. The highest BCUT2D eigenvalue weighted by atomic mass is 32.1. The van der Waals surface area contributed by atoms with E-state index in [1.165, 1.54) is 0 Å². The van der Waals surface area contributed by atoms with E-state index in [4.69, 9.17) is 9.47 Å². The fourth-order valence-electron chi connectivity index (χ4n) is 2.93. The summed E-state index contributed by atoms with van der Waals surface area (Å²) in [6, 6.07) is 20.9. The molecule has 1 amide bonds. The van der Waals surface area contributed by atoms with E-state index in [9.17, 15) is 4.79 Å². The summed E-state index contributed by atoms with van der Waals surface area (Å²) in [5.74, 6) is 1.06. The average molecular weight is 374 g/mol. The molecule has 27 heavy (non-hydrogen) atoms. The maximum absolute atomic E-state index is 12.5. The molecule has 0 atom stereocenters. The summed E-state index contributed by atoms with van der Waals surface area (Å²) in [5.41, 5.74) is 3.27. The highest BCUT2D eigenvalue weighted by molar-refractivity contribution is 7.21. The summed E-state index contributed by atoms with van der Waals surface area (Å²) in [5, 5.41) is 3.87. The molecule has 0 radical (unpaired) electrons. The van der Waals surface area contributed by atoms with Gasteiger partial charge in [0.2, 0.25) is 6.79 Å². The monoisotopic (exact) mass is 374 g/mol. The van der Waals surface area contributed by atoms with Crippen LogP contribution in [0.4, 0.5) is 5.69 Å². The Labute approximate surface area is 159 Å². The zero-order chi connectivity index (χ0) is 18.2. The molecule has 0 spiro atoms. The minimum Gasteiger partial charge on any atom is -0.454 e. The van der Waals surface area contributed by atoms with Gasteiger partial charge in [-0.1, -0.05) is 12.1 Å². The van der Waals surface area contributed by atoms with Gasteiger partial charge in [-0.05, 0) is 54.6 Å². The van der Waals surface area contributed by atoms with E-state index >= 15 is 0 Å². The van der Waals surface area contributed by atoms with Crippen LogP contribution in [0.15, 0.2) is 66.7 Å². The van der Waals surface area contributed by atoms with Gasteiger partial charge in [0, 0.05) is 16.8 Å². The molecule has 0 aliphatic carbocycles. The van der Waals surface area contributed by atoms with Crippen molar-refractivity contribution in [2.75, 3.05) is 12.1 Å². The van der Waals surface area contributed by atoms with Crippen molar-refractivity contribution in [3.05, 3.63) is 72.3 Å². The van der Waals surface area contributed by atoms with Gasteiger partial charge in [-0.2, -0.15) is 0 Å².